The van der Waals surface area contributed by atoms with Gasteiger partial charge in [-0.25, -0.2) is 4.98 Å². The van der Waals surface area contributed by atoms with Crippen LogP contribution < -0.4 is 0 Å². The van der Waals surface area contributed by atoms with Crippen molar-refractivity contribution in [2.45, 2.75) is 32.7 Å². The fourth-order valence-electron chi connectivity index (χ4n) is 4.75. The smallest absolute Gasteiger partial charge is 0.274 e. The highest BCUT2D eigenvalue weighted by Crippen LogP contribution is 2.29. The van der Waals surface area contributed by atoms with Crippen LogP contribution in [0.1, 0.15) is 53.1 Å². The van der Waals surface area contributed by atoms with Gasteiger partial charge in [-0.15, -0.1) is 0 Å². The predicted molar refractivity (Wildman–Crippen MR) is 140 cm³/mol. The van der Waals surface area contributed by atoms with Crippen LogP contribution in [0.2, 0.25) is 0 Å². The van der Waals surface area contributed by atoms with Gasteiger partial charge in [0.15, 0.2) is 0 Å². The summed E-state index contributed by atoms with van der Waals surface area (Å²) in [5.41, 5.74) is 3.61. The molecule has 0 atom stereocenters. The Labute approximate surface area is 213 Å². The van der Waals surface area contributed by atoms with Crippen molar-refractivity contribution in [1.29, 1.82) is 0 Å². The van der Waals surface area contributed by atoms with E-state index in [4.69, 9.17) is 0 Å². The van der Waals surface area contributed by atoms with Gasteiger partial charge < -0.3 is 9.80 Å². The first kappa shape index (κ1) is 25.5. The Hall–Kier alpha value is -3.58. The largest absolute Gasteiger partial charge is 0.340 e. The fraction of sp³-hybridized carbons (Fsp3) is 0.379. The van der Waals surface area contributed by atoms with Gasteiger partial charge >= 0.3 is 0 Å². The van der Waals surface area contributed by atoms with Crippen molar-refractivity contribution in [2.75, 3.05) is 39.3 Å². The van der Waals surface area contributed by atoms with Crippen LogP contribution in [0.25, 0.3) is 0 Å². The van der Waals surface area contributed by atoms with E-state index in [9.17, 15) is 9.59 Å². The Bertz CT molecular complexity index is 1070. The SMILES string of the molecule is CCCN(CCC(=O)N1CCN(C(c2ccccc2)c2ccccc2)CC1)C(=O)c1cnc(C)cn1. The van der Waals surface area contributed by atoms with Crippen molar-refractivity contribution in [2.24, 2.45) is 0 Å². The number of carbonyl (C=O) groups excluding carboxylic acids is 2. The number of hydrogen-bond donors (Lipinski definition) is 0. The molecule has 2 amide bonds. The van der Waals surface area contributed by atoms with Crippen molar-refractivity contribution in [3.63, 3.8) is 0 Å². The highest BCUT2D eigenvalue weighted by molar-refractivity contribution is 5.92. The minimum absolute atomic E-state index is 0.0921. The lowest BCUT2D eigenvalue weighted by atomic mass is 9.96. The van der Waals surface area contributed by atoms with Crippen LogP contribution in [0, 0.1) is 6.92 Å². The number of hydrogen-bond acceptors (Lipinski definition) is 5. The van der Waals surface area contributed by atoms with Crippen LogP contribution in [-0.2, 0) is 4.79 Å². The summed E-state index contributed by atoms with van der Waals surface area (Å²) in [6, 6.07) is 21.3. The number of benzene rings is 2. The standard InChI is InChI=1S/C29H35N5O2/c1-3-15-34(29(36)26-22-30-23(2)21-31-26)16-14-27(35)32-17-19-33(20-18-32)28(24-10-6-4-7-11-24)25-12-8-5-9-13-25/h4-13,21-22,28H,3,14-20H2,1-2H3. The van der Waals surface area contributed by atoms with Crippen LogP contribution in [0.4, 0.5) is 0 Å². The van der Waals surface area contributed by atoms with Gasteiger partial charge in [-0.3, -0.25) is 19.5 Å². The van der Waals surface area contributed by atoms with Crippen LogP contribution in [0.5, 0.6) is 0 Å². The maximum absolute atomic E-state index is 13.1. The van der Waals surface area contributed by atoms with E-state index >= 15 is 0 Å². The fourth-order valence-corrected chi connectivity index (χ4v) is 4.75. The molecule has 0 aliphatic carbocycles. The summed E-state index contributed by atoms with van der Waals surface area (Å²) < 4.78 is 0. The highest BCUT2D eigenvalue weighted by atomic mass is 16.2. The molecule has 2 aromatic carbocycles. The van der Waals surface area contributed by atoms with E-state index in [1.54, 1.807) is 11.1 Å². The lowest BCUT2D eigenvalue weighted by molar-refractivity contribution is -0.133. The molecule has 4 rings (SSSR count). The molecule has 0 radical (unpaired) electrons. The molecule has 0 unspecified atom stereocenters. The van der Waals surface area contributed by atoms with Gasteiger partial charge in [0, 0.05) is 51.9 Å². The molecule has 1 fully saturated rings. The van der Waals surface area contributed by atoms with Gasteiger partial charge in [-0.2, -0.15) is 0 Å². The van der Waals surface area contributed by atoms with Gasteiger partial charge in [-0.05, 0) is 24.5 Å². The first-order valence-corrected chi connectivity index (χ1v) is 12.8. The molecule has 0 spiro atoms. The molecule has 188 valence electrons. The molecule has 1 aliphatic rings. The van der Waals surface area contributed by atoms with Crippen molar-refractivity contribution in [3.05, 3.63) is 95.6 Å². The number of amides is 2. The second kappa shape index (κ2) is 12.4. The van der Waals surface area contributed by atoms with E-state index in [1.807, 2.05) is 30.9 Å². The molecule has 0 bridgehead atoms. The lowest BCUT2D eigenvalue weighted by Gasteiger charge is -2.40. The van der Waals surface area contributed by atoms with Crippen LogP contribution in [-0.4, -0.2) is 75.8 Å². The highest BCUT2D eigenvalue weighted by Gasteiger charge is 2.28. The zero-order valence-corrected chi connectivity index (χ0v) is 21.2. The molecule has 1 aromatic heterocycles. The van der Waals surface area contributed by atoms with Gasteiger partial charge in [0.1, 0.15) is 5.69 Å². The molecule has 1 aliphatic heterocycles. The van der Waals surface area contributed by atoms with E-state index < -0.39 is 0 Å². The molecule has 7 heteroatoms. The summed E-state index contributed by atoms with van der Waals surface area (Å²) in [6.45, 7) is 7.81. The van der Waals surface area contributed by atoms with E-state index in [-0.39, 0.29) is 17.9 Å². The molecule has 36 heavy (non-hydrogen) atoms. The molecule has 1 saturated heterocycles. The van der Waals surface area contributed by atoms with Crippen LogP contribution >= 0.6 is 0 Å². The van der Waals surface area contributed by atoms with Gasteiger partial charge in [-0.1, -0.05) is 67.6 Å². The van der Waals surface area contributed by atoms with Crippen molar-refractivity contribution >= 4 is 11.8 Å². The maximum Gasteiger partial charge on any atom is 0.274 e. The first-order chi connectivity index (χ1) is 17.6. The Kier molecular flexibility index (Phi) is 8.79. The van der Waals surface area contributed by atoms with Crippen molar-refractivity contribution in [3.8, 4) is 0 Å². The van der Waals surface area contributed by atoms with E-state index in [0.29, 0.717) is 38.3 Å². The third-order valence-electron chi connectivity index (χ3n) is 6.64. The van der Waals surface area contributed by atoms with E-state index in [2.05, 4.69) is 63.4 Å². The molecule has 3 aromatic rings. The summed E-state index contributed by atoms with van der Waals surface area (Å²) in [5.74, 6) is -0.0787. The second-order valence-electron chi connectivity index (χ2n) is 9.23. The zero-order chi connectivity index (χ0) is 25.3. The number of rotatable bonds is 9. The molecular formula is C29H35N5O2. The zero-order valence-electron chi connectivity index (χ0n) is 21.2. The topological polar surface area (TPSA) is 69.6 Å². The van der Waals surface area contributed by atoms with Gasteiger partial charge in [0.25, 0.3) is 5.91 Å². The molecule has 7 nitrogen and oxygen atoms in total. The van der Waals surface area contributed by atoms with Crippen molar-refractivity contribution in [1.82, 2.24) is 24.7 Å². The lowest BCUT2D eigenvalue weighted by Crippen LogP contribution is -2.50. The normalized spacial score (nSPS) is 14.1. The Balaban J connectivity index is 1.35. The number of carbonyl (C=O) groups is 2. The summed E-state index contributed by atoms with van der Waals surface area (Å²) in [6.07, 6.45) is 4.24. The van der Waals surface area contributed by atoms with Gasteiger partial charge in [0.2, 0.25) is 5.91 Å². The third kappa shape index (κ3) is 6.34. The van der Waals surface area contributed by atoms with Crippen LogP contribution in [0.15, 0.2) is 73.1 Å². The quantitative estimate of drug-likeness (QED) is 0.459. The monoisotopic (exact) mass is 485 g/mol. The average molecular weight is 486 g/mol. The second-order valence-corrected chi connectivity index (χ2v) is 9.23. The molecule has 0 saturated carbocycles. The number of nitrogens with zero attached hydrogens (tertiary/aromatic N) is 5. The summed E-state index contributed by atoms with van der Waals surface area (Å²) in [7, 11) is 0. The van der Waals surface area contributed by atoms with Crippen molar-refractivity contribution < 1.29 is 9.59 Å². The van der Waals surface area contributed by atoms with E-state index in [0.717, 1.165) is 25.2 Å². The third-order valence-corrected chi connectivity index (χ3v) is 6.64. The predicted octanol–water partition coefficient (Wildman–Crippen LogP) is 3.96. The average Bonchev–Trinajstić information content (AvgIpc) is 2.93. The molecule has 0 N–H and O–H groups in total. The summed E-state index contributed by atoms with van der Waals surface area (Å²) in [5, 5.41) is 0. The van der Waals surface area contributed by atoms with Crippen LogP contribution in [0.3, 0.4) is 0 Å². The summed E-state index contributed by atoms with van der Waals surface area (Å²) in [4.78, 5) is 40.5. The number of aromatic nitrogens is 2. The Morgan fingerprint density at radius 2 is 1.47 bits per heavy atom. The Morgan fingerprint density at radius 3 is 2.00 bits per heavy atom. The minimum Gasteiger partial charge on any atom is -0.340 e. The number of piperazine rings is 1. The van der Waals surface area contributed by atoms with Gasteiger partial charge in [0.05, 0.1) is 17.9 Å². The van der Waals surface area contributed by atoms with E-state index in [1.165, 1.54) is 17.3 Å². The molecule has 2 heterocycles. The maximum atomic E-state index is 13.1. The summed E-state index contributed by atoms with van der Waals surface area (Å²) >= 11 is 0. The number of aryl methyl sites for hydroxylation is 1. The minimum atomic E-state index is -0.171. The Morgan fingerprint density at radius 1 is 0.861 bits per heavy atom. The first-order valence-electron chi connectivity index (χ1n) is 12.8. The molecular weight excluding hydrogens is 450 g/mol.